The van der Waals surface area contributed by atoms with Gasteiger partial charge in [0.1, 0.15) is 30.7 Å². The van der Waals surface area contributed by atoms with Crippen LogP contribution in [-0.4, -0.2) is 85.7 Å². The van der Waals surface area contributed by atoms with Crippen LogP contribution in [0.4, 0.5) is 5.82 Å². The van der Waals surface area contributed by atoms with E-state index in [4.69, 9.17) is 29.0 Å². The van der Waals surface area contributed by atoms with Gasteiger partial charge in [-0.1, -0.05) is 126 Å². The highest BCUT2D eigenvalue weighted by Gasteiger charge is 2.46. The number of nitrogens with zero attached hydrogens (tertiary/aromatic N) is 2. The fourth-order valence-corrected chi connectivity index (χ4v) is 8.94. The molecule has 1 aromatic heterocycles. The maximum atomic E-state index is 12.8. The number of hydrogen-bond donors (Lipinski definition) is 5. The van der Waals surface area contributed by atoms with E-state index < -0.39 is 83.7 Å². The second-order valence-corrected chi connectivity index (χ2v) is 19.6. The highest BCUT2D eigenvalue weighted by Crippen LogP contribution is 2.60. The average molecular weight is 1000 g/mol. The normalized spacial score (nSPS) is 20.0. The second kappa shape index (κ2) is 36.4. The monoisotopic (exact) mass is 999 g/mol. The van der Waals surface area contributed by atoms with Crippen LogP contribution < -0.4 is 11.4 Å². The van der Waals surface area contributed by atoms with Gasteiger partial charge in [-0.2, -0.15) is 9.29 Å². The molecule has 2 rings (SSSR count). The van der Waals surface area contributed by atoms with E-state index in [1.807, 2.05) is 0 Å². The molecule has 1 aliphatic rings. The van der Waals surface area contributed by atoms with Gasteiger partial charge in [0.05, 0.1) is 13.2 Å². The Bertz CT molecular complexity index is 1870. The van der Waals surface area contributed by atoms with Crippen molar-refractivity contribution < 1.29 is 66.3 Å². The summed E-state index contributed by atoms with van der Waals surface area (Å²) in [5, 5.41) is 20.9. The highest BCUT2D eigenvalue weighted by molar-refractivity contribution is 7.61. The first-order valence-corrected chi connectivity index (χ1v) is 27.3. The number of carbonyl (C=O) groups excluding carboxylic acids is 2. The van der Waals surface area contributed by atoms with Crippen molar-refractivity contribution in [3.05, 3.63) is 83.5 Å². The van der Waals surface area contributed by atoms with Gasteiger partial charge in [-0.15, -0.1) is 0 Å². The Morgan fingerprint density at radius 2 is 1.24 bits per heavy atom. The highest BCUT2D eigenvalue weighted by atomic mass is 31.3. The molecule has 2 heterocycles. The second-order valence-electron chi connectivity index (χ2n) is 16.6. The molecule has 0 aromatic carbocycles. The summed E-state index contributed by atoms with van der Waals surface area (Å²) in [6.07, 6.45) is 34.5. The zero-order valence-electron chi connectivity index (χ0n) is 40.1. The number of allylic oxidation sites excluding steroid dienone is 10. The number of aliphatic hydroxyl groups excluding tert-OH is 2. The first kappa shape index (κ1) is 60.6. The fourth-order valence-electron chi connectivity index (χ4n) is 6.83. The van der Waals surface area contributed by atoms with Crippen LogP contribution in [0.1, 0.15) is 161 Å². The van der Waals surface area contributed by atoms with Crippen LogP contribution in [-0.2, 0) is 46.3 Å². The molecule has 6 N–H and O–H groups in total. The molecule has 7 atom stereocenters. The largest absolute Gasteiger partial charge is 0.481 e. The SMILES string of the molecule is CC/C=C\C/C=C\C/C=C\CCCCCCCC(=O)OC[C@H](COP(=O)(O)OP(=O)(O)OC[C@H]1O[C@@H](n2ccc(N)nc2=O)C(O)[C@H]1O)OC(=O)CCCCCCC/C=C\C/C=C\CCCCC. The van der Waals surface area contributed by atoms with Gasteiger partial charge in [0.2, 0.25) is 0 Å². The lowest BCUT2D eigenvalue weighted by Gasteiger charge is -2.21. The van der Waals surface area contributed by atoms with Crippen molar-refractivity contribution >= 4 is 33.4 Å². The Hall–Kier alpha value is -3.54. The van der Waals surface area contributed by atoms with E-state index in [0.29, 0.717) is 12.8 Å². The summed E-state index contributed by atoms with van der Waals surface area (Å²) < 4.78 is 56.7. The van der Waals surface area contributed by atoms with Crippen LogP contribution in [0.2, 0.25) is 0 Å². The molecule has 18 nitrogen and oxygen atoms in total. The van der Waals surface area contributed by atoms with E-state index in [1.165, 1.54) is 25.3 Å². The molecule has 1 aliphatic heterocycles. The molecule has 68 heavy (non-hydrogen) atoms. The molecule has 20 heteroatoms. The Labute approximate surface area is 402 Å². The molecule has 0 aliphatic carbocycles. The summed E-state index contributed by atoms with van der Waals surface area (Å²) >= 11 is 0. The molecular weight excluding hydrogens is 920 g/mol. The van der Waals surface area contributed by atoms with Crippen LogP contribution in [0, 0.1) is 0 Å². The smallest absolute Gasteiger partial charge is 0.462 e. The minimum Gasteiger partial charge on any atom is -0.462 e. The van der Waals surface area contributed by atoms with E-state index in [2.05, 4.69) is 83.9 Å². The Balaban J connectivity index is 1.83. The summed E-state index contributed by atoms with van der Waals surface area (Å²) in [4.78, 5) is 61.8. The van der Waals surface area contributed by atoms with Gasteiger partial charge in [0.25, 0.3) is 0 Å². The van der Waals surface area contributed by atoms with E-state index >= 15 is 0 Å². The number of rotatable bonds is 39. The minimum atomic E-state index is -5.43. The summed E-state index contributed by atoms with van der Waals surface area (Å²) in [6.45, 7) is 1.97. The summed E-state index contributed by atoms with van der Waals surface area (Å²) in [5.74, 6) is -1.34. The Morgan fingerprint density at radius 3 is 1.81 bits per heavy atom. The van der Waals surface area contributed by atoms with Crippen LogP contribution in [0.5, 0.6) is 0 Å². The van der Waals surface area contributed by atoms with Crippen molar-refractivity contribution in [1.82, 2.24) is 9.55 Å². The summed E-state index contributed by atoms with van der Waals surface area (Å²) in [5.41, 5.74) is 4.58. The van der Waals surface area contributed by atoms with Crippen LogP contribution in [0.15, 0.2) is 77.8 Å². The zero-order chi connectivity index (χ0) is 49.9. The van der Waals surface area contributed by atoms with Crippen LogP contribution in [0.3, 0.4) is 0 Å². The molecule has 0 bridgehead atoms. The third-order valence-electron chi connectivity index (χ3n) is 10.6. The number of hydrogen-bond acceptors (Lipinski definition) is 15. The first-order valence-electron chi connectivity index (χ1n) is 24.3. The number of anilines is 1. The Morgan fingerprint density at radius 1 is 0.721 bits per heavy atom. The molecule has 1 saturated heterocycles. The van der Waals surface area contributed by atoms with Crippen molar-refractivity contribution in [1.29, 1.82) is 0 Å². The lowest BCUT2D eigenvalue weighted by Crippen LogP contribution is -2.36. The van der Waals surface area contributed by atoms with Gasteiger partial charge in [0.15, 0.2) is 12.3 Å². The number of phosphoric acid groups is 2. The van der Waals surface area contributed by atoms with E-state index in [1.54, 1.807) is 0 Å². The number of phosphoric ester groups is 2. The number of nitrogens with two attached hydrogens (primary N) is 1. The molecule has 386 valence electrons. The van der Waals surface area contributed by atoms with Crippen molar-refractivity contribution in [3.8, 4) is 0 Å². The topological polar surface area (TPSA) is 265 Å². The summed E-state index contributed by atoms with van der Waals surface area (Å²) in [7, 11) is -10.9. The number of carbonyl (C=O) groups is 2. The number of esters is 2. The zero-order valence-corrected chi connectivity index (χ0v) is 41.9. The molecule has 0 saturated carbocycles. The number of nitrogen functional groups attached to an aromatic ring is 1. The van der Waals surface area contributed by atoms with E-state index in [9.17, 15) is 43.5 Å². The Kier molecular flexibility index (Phi) is 32.4. The molecule has 1 aromatic rings. The van der Waals surface area contributed by atoms with E-state index in [-0.39, 0.29) is 18.7 Å². The van der Waals surface area contributed by atoms with Gasteiger partial charge in [-0.25, -0.2) is 13.9 Å². The third kappa shape index (κ3) is 28.8. The van der Waals surface area contributed by atoms with Crippen LogP contribution in [0.25, 0.3) is 0 Å². The number of aromatic nitrogens is 2. The predicted molar refractivity (Wildman–Crippen MR) is 261 cm³/mol. The van der Waals surface area contributed by atoms with Crippen LogP contribution >= 0.6 is 15.6 Å². The van der Waals surface area contributed by atoms with E-state index in [0.717, 1.165) is 107 Å². The van der Waals surface area contributed by atoms with Gasteiger partial charge in [-0.3, -0.25) is 23.2 Å². The molecule has 3 unspecified atom stereocenters. The quantitative estimate of drug-likeness (QED) is 0.0178. The van der Waals surface area contributed by atoms with Crippen molar-refractivity contribution in [2.45, 2.75) is 186 Å². The lowest BCUT2D eigenvalue weighted by atomic mass is 10.1. The standard InChI is InChI=1S/C48H79N3O15P2/c1-3-5-7-9-11-13-15-17-19-21-23-25-27-29-31-33-43(52)61-37-40(64-44(53)34-32-30-28-26-24-22-20-18-16-14-12-10-8-6-4-2)38-62-67(57,58)66-68(59,60)63-39-41-45(54)46(55)47(65-41)51-36-35-42(49)50-48(51)56/h5,7,11-14,17-20,35-36,40-41,45-47,54-55H,3-4,6,8-10,15-16,21-34,37-39H2,1-2H3,(H,57,58)(H,59,60)(H2,49,50,56)/b7-5-,13-11-,14-12-,19-17-,20-18-/t40-,41-,45+,46?,47-/m1/s1. The molecule has 0 amide bonds. The number of ether oxygens (including phenoxy) is 3. The molecular formula is C48H79N3O15P2. The minimum absolute atomic E-state index is 0.0276. The van der Waals surface area contributed by atoms with Gasteiger partial charge in [-0.05, 0) is 83.1 Å². The third-order valence-corrected chi connectivity index (χ3v) is 13.2. The first-order chi connectivity index (χ1) is 32.7. The maximum absolute atomic E-state index is 12.8. The number of unbranched alkanes of at least 4 members (excludes halogenated alkanes) is 13. The summed E-state index contributed by atoms with van der Waals surface area (Å²) in [6, 6.07) is 1.24. The van der Waals surface area contributed by atoms with Gasteiger partial charge in [0, 0.05) is 19.0 Å². The van der Waals surface area contributed by atoms with Crippen molar-refractivity contribution in [2.75, 3.05) is 25.6 Å². The predicted octanol–water partition coefficient (Wildman–Crippen LogP) is 9.55. The fraction of sp³-hybridized carbons (Fsp3) is 0.667. The maximum Gasteiger partial charge on any atom is 0.481 e. The molecule has 0 radical (unpaired) electrons. The molecule has 0 spiro atoms. The van der Waals surface area contributed by atoms with Crippen molar-refractivity contribution in [2.24, 2.45) is 0 Å². The van der Waals surface area contributed by atoms with Crippen molar-refractivity contribution in [3.63, 3.8) is 0 Å². The molecule has 1 fully saturated rings. The average Bonchev–Trinajstić information content (AvgIpc) is 3.57. The van der Waals surface area contributed by atoms with Gasteiger partial charge >= 0.3 is 33.3 Å². The van der Waals surface area contributed by atoms with Gasteiger partial charge < -0.3 is 39.9 Å². The lowest BCUT2D eigenvalue weighted by molar-refractivity contribution is -0.161. The number of aliphatic hydroxyl groups is 2.